The quantitative estimate of drug-likeness (QED) is 0.606. The summed E-state index contributed by atoms with van der Waals surface area (Å²) in [5.74, 6) is 0. The molecule has 0 saturated carbocycles. The summed E-state index contributed by atoms with van der Waals surface area (Å²) in [6.07, 6.45) is 0. The fourth-order valence-corrected chi connectivity index (χ4v) is 1.84. The zero-order chi connectivity index (χ0) is 10.2. The fourth-order valence-electron chi connectivity index (χ4n) is 1.33. The third kappa shape index (κ3) is 2.69. The molecule has 2 aromatic carbocycles. The van der Waals surface area contributed by atoms with Gasteiger partial charge in [-0.1, -0.05) is 30.3 Å². The Morgan fingerprint density at radius 1 is 1.00 bits per heavy atom. The summed E-state index contributed by atoms with van der Waals surface area (Å²) in [6.45, 7) is 0. The molecule has 0 spiro atoms. The molecular weight excluding hydrogens is 224 g/mol. The molecule has 0 bridgehead atoms. The molecule has 5 heteroatoms. The summed E-state index contributed by atoms with van der Waals surface area (Å²) in [7, 11) is -4.09. The van der Waals surface area contributed by atoms with Crippen LogP contribution in [0.1, 0.15) is 2.85 Å². The van der Waals surface area contributed by atoms with Crippen molar-refractivity contribution in [3.63, 3.8) is 0 Å². The van der Waals surface area contributed by atoms with E-state index in [4.69, 9.17) is 4.55 Å². The van der Waals surface area contributed by atoms with Gasteiger partial charge in [0.05, 0.1) is 4.90 Å². The van der Waals surface area contributed by atoms with Crippen LogP contribution in [0.15, 0.2) is 47.4 Å². The molecule has 0 unspecified atom stereocenters. The molecule has 15 heavy (non-hydrogen) atoms. The monoisotopic (exact) mass is 234 g/mol. The molecule has 1 N–H and O–H groups in total. The molecule has 76 valence electrons. The maximum atomic E-state index is 10.8. The predicted molar refractivity (Wildman–Crippen MR) is 61.7 cm³/mol. The Morgan fingerprint density at radius 3 is 2.20 bits per heavy atom. The van der Waals surface area contributed by atoms with E-state index in [9.17, 15) is 8.42 Å². The van der Waals surface area contributed by atoms with E-state index in [0.29, 0.717) is 0 Å². The molecule has 0 atom stereocenters. The SMILES string of the molecule is O=S(=O)(O)c1ccc2ccccc2c1.[H-].[H-].[Mg+2]. The second-order valence-corrected chi connectivity index (χ2v) is 4.41. The number of benzene rings is 2. The van der Waals surface area contributed by atoms with Gasteiger partial charge in [-0.3, -0.25) is 4.55 Å². The van der Waals surface area contributed by atoms with Gasteiger partial charge in [-0.05, 0) is 22.9 Å². The summed E-state index contributed by atoms with van der Waals surface area (Å²) >= 11 is 0. The van der Waals surface area contributed by atoms with Crippen molar-refractivity contribution in [1.29, 1.82) is 0 Å². The maximum Gasteiger partial charge on any atom is 2.00 e. The van der Waals surface area contributed by atoms with Gasteiger partial charge < -0.3 is 2.85 Å². The third-order valence-electron chi connectivity index (χ3n) is 2.02. The average molecular weight is 235 g/mol. The number of hydrogen-bond acceptors (Lipinski definition) is 2. The normalized spacial score (nSPS) is 11.0. The van der Waals surface area contributed by atoms with E-state index in [-0.39, 0.29) is 30.8 Å². The van der Waals surface area contributed by atoms with Crippen molar-refractivity contribution >= 4 is 43.9 Å². The van der Waals surface area contributed by atoms with Crippen LogP contribution in [0.5, 0.6) is 0 Å². The molecule has 0 fully saturated rings. The Morgan fingerprint density at radius 2 is 1.60 bits per heavy atom. The Balaban J connectivity index is 0. The van der Waals surface area contributed by atoms with Crippen molar-refractivity contribution in [3.8, 4) is 0 Å². The molecule has 0 saturated heterocycles. The molecule has 0 aromatic heterocycles. The van der Waals surface area contributed by atoms with Crippen LogP contribution in [0.2, 0.25) is 0 Å². The second kappa shape index (κ2) is 4.48. The van der Waals surface area contributed by atoms with Gasteiger partial charge in [0, 0.05) is 0 Å². The molecule has 0 aliphatic rings. The number of fused-ring (bicyclic) bond motifs is 1. The Hall–Kier alpha value is -0.624. The van der Waals surface area contributed by atoms with E-state index in [1.807, 2.05) is 18.2 Å². The summed E-state index contributed by atoms with van der Waals surface area (Å²) in [6, 6.07) is 11.9. The first-order valence-corrected chi connectivity index (χ1v) is 5.48. The van der Waals surface area contributed by atoms with E-state index in [1.165, 1.54) is 12.1 Å². The van der Waals surface area contributed by atoms with E-state index in [2.05, 4.69) is 0 Å². The molecule has 2 aromatic rings. The van der Waals surface area contributed by atoms with Crippen LogP contribution < -0.4 is 0 Å². The van der Waals surface area contributed by atoms with Gasteiger partial charge in [0.25, 0.3) is 10.1 Å². The number of rotatable bonds is 1. The summed E-state index contributed by atoms with van der Waals surface area (Å²) in [4.78, 5) is -0.0730. The fraction of sp³-hybridized carbons (Fsp3) is 0. The van der Waals surface area contributed by atoms with E-state index in [0.717, 1.165) is 10.8 Å². The molecule has 0 amide bonds. The molecule has 0 aliphatic carbocycles. The molecular formula is C10H10MgO3S. The van der Waals surface area contributed by atoms with Crippen molar-refractivity contribution in [2.75, 3.05) is 0 Å². The maximum absolute atomic E-state index is 10.8. The van der Waals surface area contributed by atoms with Crippen LogP contribution in [-0.2, 0) is 10.1 Å². The van der Waals surface area contributed by atoms with Crippen LogP contribution in [0.25, 0.3) is 10.8 Å². The van der Waals surface area contributed by atoms with Crippen LogP contribution in [0.3, 0.4) is 0 Å². The molecule has 3 nitrogen and oxygen atoms in total. The minimum absolute atomic E-state index is 0. The van der Waals surface area contributed by atoms with Gasteiger partial charge in [0.1, 0.15) is 0 Å². The first kappa shape index (κ1) is 12.4. The Kier molecular flexibility index (Phi) is 3.72. The first-order valence-electron chi connectivity index (χ1n) is 4.04. The Labute approximate surface area is 107 Å². The van der Waals surface area contributed by atoms with Gasteiger partial charge in [0.2, 0.25) is 0 Å². The molecule has 0 heterocycles. The van der Waals surface area contributed by atoms with Crippen molar-refractivity contribution < 1.29 is 15.8 Å². The second-order valence-electron chi connectivity index (χ2n) is 2.98. The average Bonchev–Trinajstić information content (AvgIpc) is 2.16. The molecule has 2 rings (SSSR count). The first-order chi connectivity index (χ1) is 6.57. The smallest absolute Gasteiger partial charge is 1.00 e. The largest absolute Gasteiger partial charge is 2.00 e. The van der Waals surface area contributed by atoms with Crippen molar-refractivity contribution in [1.82, 2.24) is 0 Å². The van der Waals surface area contributed by atoms with Crippen LogP contribution in [-0.4, -0.2) is 36.0 Å². The minimum atomic E-state index is -4.09. The van der Waals surface area contributed by atoms with Gasteiger partial charge >= 0.3 is 23.1 Å². The summed E-state index contributed by atoms with van der Waals surface area (Å²) < 4.78 is 30.5. The minimum Gasteiger partial charge on any atom is -1.00 e. The van der Waals surface area contributed by atoms with Crippen molar-refractivity contribution in [2.45, 2.75) is 4.90 Å². The van der Waals surface area contributed by atoms with Gasteiger partial charge in [-0.25, -0.2) is 0 Å². The van der Waals surface area contributed by atoms with Crippen LogP contribution in [0, 0.1) is 0 Å². The van der Waals surface area contributed by atoms with Crippen molar-refractivity contribution in [3.05, 3.63) is 42.5 Å². The molecule has 0 aliphatic heterocycles. The predicted octanol–water partition coefficient (Wildman–Crippen LogP) is 1.93. The standard InChI is InChI=1S/C10H8O3S.Mg.2H/c11-14(12,13)10-6-5-8-3-1-2-4-9(8)7-10;;;/h1-7H,(H,11,12,13);;;/q;+2;2*-1. The van der Waals surface area contributed by atoms with E-state index < -0.39 is 10.1 Å². The number of hydrogen-bond donors (Lipinski definition) is 1. The van der Waals surface area contributed by atoms with Gasteiger partial charge in [-0.15, -0.1) is 0 Å². The topological polar surface area (TPSA) is 54.4 Å². The third-order valence-corrected chi connectivity index (χ3v) is 2.87. The zero-order valence-electron chi connectivity index (χ0n) is 9.92. The zero-order valence-corrected chi connectivity index (χ0v) is 10.2. The summed E-state index contributed by atoms with van der Waals surface area (Å²) in [5.41, 5.74) is 0. The molecule has 0 radical (unpaired) electrons. The van der Waals surface area contributed by atoms with Gasteiger partial charge in [0.15, 0.2) is 0 Å². The van der Waals surface area contributed by atoms with E-state index in [1.54, 1.807) is 12.1 Å². The Bertz CT molecular complexity index is 587. The van der Waals surface area contributed by atoms with E-state index >= 15 is 0 Å². The van der Waals surface area contributed by atoms with Gasteiger partial charge in [-0.2, -0.15) is 8.42 Å². The van der Waals surface area contributed by atoms with Crippen LogP contribution in [0.4, 0.5) is 0 Å². The van der Waals surface area contributed by atoms with Crippen LogP contribution >= 0.6 is 0 Å². The summed E-state index contributed by atoms with van der Waals surface area (Å²) in [5, 5.41) is 1.74. The van der Waals surface area contributed by atoms with Crippen molar-refractivity contribution in [2.24, 2.45) is 0 Å².